The molecule has 0 saturated carbocycles. The van der Waals surface area contributed by atoms with Gasteiger partial charge in [0.2, 0.25) is 5.91 Å². The lowest BCUT2D eigenvalue weighted by Gasteiger charge is -2.35. The number of nitrogens with zero attached hydrogens (tertiary/aromatic N) is 1. The highest BCUT2D eigenvalue weighted by Gasteiger charge is 2.33. The summed E-state index contributed by atoms with van der Waals surface area (Å²) in [6.07, 6.45) is 1.65. The number of morpholine rings is 1. The van der Waals surface area contributed by atoms with Crippen molar-refractivity contribution in [1.82, 2.24) is 10.2 Å². The van der Waals surface area contributed by atoms with Crippen molar-refractivity contribution < 1.29 is 19.1 Å². The van der Waals surface area contributed by atoms with Gasteiger partial charge in [-0.1, -0.05) is 0 Å². The third kappa shape index (κ3) is 4.33. The van der Waals surface area contributed by atoms with Crippen LogP contribution in [-0.2, 0) is 19.1 Å². The first-order valence-electron chi connectivity index (χ1n) is 6.99. The maximum Gasteiger partial charge on any atom is 0.310 e. The molecule has 0 aromatic heterocycles. The van der Waals surface area contributed by atoms with Gasteiger partial charge in [-0.2, -0.15) is 0 Å². The van der Waals surface area contributed by atoms with E-state index in [1.54, 1.807) is 11.8 Å². The second-order valence-corrected chi connectivity index (χ2v) is 4.96. The van der Waals surface area contributed by atoms with Gasteiger partial charge >= 0.3 is 5.97 Å². The van der Waals surface area contributed by atoms with E-state index in [9.17, 15) is 9.59 Å². The highest BCUT2D eigenvalue weighted by Crippen LogP contribution is 2.19. The van der Waals surface area contributed by atoms with Gasteiger partial charge in [0.15, 0.2) is 0 Å². The Bertz CT molecular complexity index is 334. The van der Waals surface area contributed by atoms with Crippen molar-refractivity contribution in [2.45, 2.75) is 25.8 Å². The number of likely N-dealkylation sites (tertiary alicyclic amines) is 1. The largest absolute Gasteiger partial charge is 0.466 e. The van der Waals surface area contributed by atoms with Gasteiger partial charge < -0.3 is 19.7 Å². The summed E-state index contributed by atoms with van der Waals surface area (Å²) in [5.41, 5.74) is 0. The van der Waals surface area contributed by atoms with Crippen LogP contribution in [0.3, 0.4) is 0 Å². The second-order valence-electron chi connectivity index (χ2n) is 4.96. The zero-order valence-electron chi connectivity index (χ0n) is 11.8. The standard InChI is InChI=1S/C13H22N2O4.ClH/c1-2-19-13(17)10-4-3-6-15(8-10)12(16)11-9-18-7-5-14-11;/h10-11,14H,2-9H2,1H3;1H. The van der Waals surface area contributed by atoms with E-state index in [0.717, 1.165) is 12.8 Å². The zero-order valence-corrected chi connectivity index (χ0v) is 12.6. The fourth-order valence-corrected chi connectivity index (χ4v) is 2.57. The number of piperidine rings is 1. The van der Waals surface area contributed by atoms with Crippen molar-refractivity contribution >= 4 is 24.3 Å². The Kier molecular flexibility index (Phi) is 7.26. The van der Waals surface area contributed by atoms with E-state index in [2.05, 4.69) is 5.32 Å². The summed E-state index contributed by atoms with van der Waals surface area (Å²) >= 11 is 0. The molecule has 2 fully saturated rings. The lowest BCUT2D eigenvalue weighted by atomic mass is 9.97. The summed E-state index contributed by atoms with van der Waals surface area (Å²) in [6.45, 7) is 5.14. The normalized spacial score (nSPS) is 26.6. The van der Waals surface area contributed by atoms with E-state index in [1.165, 1.54) is 0 Å². The van der Waals surface area contributed by atoms with E-state index in [-0.39, 0.29) is 36.2 Å². The summed E-state index contributed by atoms with van der Waals surface area (Å²) < 4.78 is 10.3. The monoisotopic (exact) mass is 306 g/mol. The number of carbonyl (C=O) groups excluding carboxylic acids is 2. The lowest BCUT2D eigenvalue weighted by Crippen LogP contribution is -2.55. The molecular weight excluding hydrogens is 284 g/mol. The quantitative estimate of drug-likeness (QED) is 0.754. The molecule has 7 heteroatoms. The fraction of sp³-hybridized carbons (Fsp3) is 0.846. The molecule has 2 unspecified atom stereocenters. The minimum absolute atomic E-state index is 0. The van der Waals surface area contributed by atoms with Crippen LogP contribution in [0.15, 0.2) is 0 Å². The number of amides is 1. The minimum atomic E-state index is -0.269. The van der Waals surface area contributed by atoms with Crippen LogP contribution >= 0.6 is 12.4 Å². The Morgan fingerprint density at radius 1 is 1.45 bits per heavy atom. The molecule has 116 valence electrons. The van der Waals surface area contributed by atoms with Crippen LogP contribution in [0.5, 0.6) is 0 Å². The molecule has 0 spiro atoms. The molecule has 1 N–H and O–H groups in total. The summed E-state index contributed by atoms with van der Waals surface area (Å²) in [7, 11) is 0. The van der Waals surface area contributed by atoms with Crippen molar-refractivity contribution in [3.8, 4) is 0 Å². The molecule has 0 radical (unpaired) electrons. The Hall–Kier alpha value is -0.850. The SMILES string of the molecule is CCOC(=O)C1CCCN(C(=O)C2COCCN2)C1.Cl. The molecule has 2 heterocycles. The average Bonchev–Trinajstić information content (AvgIpc) is 2.48. The first-order valence-corrected chi connectivity index (χ1v) is 6.99. The highest BCUT2D eigenvalue weighted by molar-refractivity contribution is 5.85. The van der Waals surface area contributed by atoms with Crippen LogP contribution < -0.4 is 5.32 Å². The van der Waals surface area contributed by atoms with E-state index < -0.39 is 0 Å². The number of esters is 1. The molecule has 0 bridgehead atoms. The molecule has 1 amide bonds. The lowest BCUT2D eigenvalue weighted by molar-refractivity contribution is -0.152. The number of ether oxygens (including phenoxy) is 2. The third-order valence-corrected chi connectivity index (χ3v) is 3.57. The molecular formula is C13H23ClN2O4. The molecule has 6 nitrogen and oxygen atoms in total. The van der Waals surface area contributed by atoms with E-state index in [1.807, 2.05) is 0 Å². The Morgan fingerprint density at radius 3 is 2.90 bits per heavy atom. The van der Waals surface area contributed by atoms with E-state index >= 15 is 0 Å². The van der Waals surface area contributed by atoms with Crippen LogP contribution in [0.1, 0.15) is 19.8 Å². The smallest absolute Gasteiger partial charge is 0.310 e. The number of hydrogen-bond donors (Lipinski definition) is 1. The first-order chi connectivity index (χ1) is 9.22. The summed E-state index contributed by atoms with van der Waals surface area (Å²) in [6, 6.07) is -0.269. The van der Waals surface area contributed by atoms with Crippen molar-refractivity contribution in [1.29, 1.82) is 0 Å². The molecule has 2 atom stereocenters. The Labute approximate surface area is 125 Å². The number of hydrogen-bond acceptors (Lipinski definition) is 5. The molecule has 0 aromatic carbocycles. The first kappa shape index (κ1) is 17.2. The van der Waals surface area contributed by atoms with Crippen LogP contribution in [-0.4, -0.2) is 62.3 Å². The fourth-order valence-electron chi connectivity index (χ4n) is 2.57. The van der Waals surface area contributed by atoms with Crippen molar-refractivity contribution in [2.75, 3.05) is 39.5 Å². The van der Waals surface area contributed by atoms with Gasteiger partial charge in [0.05, 0.1) is 25.7 Å². The number of halogens is 1. The molecule has 0 aromatic rings. The van der Waals surface area contributed by atoms with Gasteiger partial charge in [-0.15, -0.1) is 12.4 Å². The summed E-state index contributed by atoms with van der Waals surface area (Å²) in [5, 5.41) is 3.15. The molecule has 2 aliphatic rings. The number of rotatable bonds is 3. The summed E-state index contributed by atoms with van der Waals surface area (Å²) in [5.74, 6) is -0.330. The van der Waals surface area contributed by atoms with Gasteiger partial charge in [0.25, 0.3) is 0 Å². The van der Waals surface area contributed by atoms with Crippen molar-refractivity contribution in [2.24, 2.45) is 5.92 Å². The number of carbonyl (C=O) groups is 2. The van der Waals surface area contributed by atoms with E-state index in [4.69, 9.17) is 9.47 Å². The van der Waals surface area contributed by atoms with Crippen LogP contribution in [0.2, 0.25) is 0 Å². The van der Waals surface area contributed by atoms with Crippen LogP contribution in [0.4, 0.5) is 0 Å². The summed E-state index contributed by atoms with van der Waals surface area (Å²) in [4.78, 5) is 25.8. The Balaban J connectivity index is 0.00000200. The number of nitrogens with one attached hydrogen (secondary N) is 1. The molecule has 2 saturated heterocycles. The third-order valence-electron chi connectivity index (χ3n) is 3.57. The van der Waals surface area contributed by atoms with Crippen LogP contribution in [0.25, 0.3) is 0 Å². The zero-order chi connectivity index (χ0) is 13.7. The van der Waals surface area contributed by atoms with Gasteiger partial charge in [0.1, 0.15) is 6.04 Å². The predicted octanol–water partition coefficient (Wildman–Crippen LogP) is 0.198. The van der Waals surface area contributed by atoms with E-state index in [0.29, 0.717) is 39.5 Å². The van der Waals surface area contributed by atoms with Crippen molar-refractivity contribution in [3.05, 3.63) is 0 Å². The topological polar surface area (TPSA) is 67.9 Å². The second kappa shape index (κ2) is 8.44. The maximum atomic E-state index is 12.3. The van der Waals surface area contributed by atoms with Gasteiger partial charge in [-0.3, -0.25) is 9.59 Å². The maximum absolute atomic E-state index is 12.3. The van der Waals surface area contributed by atoms with Gasteiger partial charge in [-0.25, -0.2) is 0 Å². The molecule has 2 rings (SSSR count). The Morgan fingerprint density at radius 2 is 2.25 bits per heavy atom. The van der Waals surface area contributed by atoms with Crippen molar-refractivity contribution in [3.63, 3.8) is 0 Å². The van der Waals surface area contributed by atoms with Gasteiger partial charge in [0, 0.05) is 19.6 Å². The molecule has 0 aliphatic carbocycles. The average molecular weight is 307 g/mol. The molecule has 20 heavy (non-hydrogen) atoms. The molecule has 2 aliphatic heterocycles. The predicted molar refractivity (Wildman–Crippen MR) is 75.8 cm³/mol. The van der Waals surface area contributed by atoms with Gasteiger partial charge in [-0.05, 0) is 19.8 Å². The highest BCUT2D eigenvalue weighted by atomic mass is 35.5. The van der Waals surface area contributed by atoms with Crippen LogP contribution in [0, 0.1) is 5.92 Å². The minimum Gasteiger partial charge on any atom is -0.466 e.